The molecule has 1 aliphatic rings. The molecule has 32 heavy (non-hydrogen) atoms. The molecule has 1 aliphatic heterocycles. The van der Waals surface area contributed by atoms with Crippen LogP contribution in [0.5, 0.6) is 0 Å². The lowest BCUT2D eigenvalue weighted by Gasteiger charge is -2.29. The number of aromatic nitrogens is 2. The van der Waals surface area contributed by atoms with E-state index in [1.165, 1.54) is 0 Å². The molecule has 0 spiro atoms. The molecule has 2 aromatic heterocycles. The summed E-state index contributed by atoms with van der Waals surface area (Å²) in [5.41, 5.74) is 8.45. The van der Waals surface area contributed by atoms with Crippen molar-refractivity contribution < 1.29 is 9.53 Å². The number of hydrogen-bond donors (Lipinski definition) is 2. The maximum atomic E-state index is 13.0. The van der Waals surface area contributed by atoms with E-state index in [1.807, 2.05) is 79.7 Å². The molecule has 8 nitrogen and oxygen atoms in total. The molecule has 0 fully saturated rings. The number of hydrazine groups is 1. The second-order valence-electron chi connectivity index (χ2n) is 7.20. The summed E-state index contributed by atoms with van der Waals surface area (Å²) < 4.78 is 7.04. The number of ether oxygens (including phenoxy) is 1. The molecule has 1 amide bonds. The Hall–Kier alpha value is -3.55. The molecular formula is C24H32N6O2. The Bertz CT molecular complexity index is 1090. The zero-order chi connectivity index (χ0) is 23.1. The van der Waals surface area contributed by atoms with Crippen LogP contribution >= 0.6 is 0 Å². The fourth-order valence-corrected chi connectivity index (χ4v) is 3.51. The molecule has 0 aliphatic carbocycles. The molecule has 0 saturated heterocycles. The van der Waals surface area contributed by atoms with Gasteiger partial charge in [-0.1, -0.05) is 39.0 Å². The number of nitrogens with one attached hydrogen (secondary N) is 2. The van der Waals surface area contributed by atoms with Crippen molar-refractivity contribution in [2.45, 2.75) is 40.7 Å². The minimum absolute atomic E-state index is 0.118. The van der Waals surface area contributed by atoms with E-state index in [4.69, 9.17) is 4.74 Å². The molecular weight excluding hydrogens is 404 g/mol. The summed E-state index contributed by atoms with van der Waals surface area (Å²) in [6, 6.07) is 12.5. The first-order valence-corrected chi connectivity index (χ1v) is 11.1. The van der Waals surface area contributed by atoms with E-state index >= 15 is 0 Å². The Labute approximate surface area is 189 Å². The average Bonchev–Trinajstić information content (AvgIpc) is 3.22. The monoisotopic (exact) mass is 436 g/mol. The van der Waals surface area contributed by atoms with Crippen molar-refractivity contribution >= 4 is 23.3 Å². The highest BCUT2D eigenvalue weighted by Gasteiger charge is 2.18. The molecule has 0 saturated carbocycles. The molecule has 2 N–H and O–H groups in total. The van der Waals surface area contributed by atoms with Crippen molar-refractivity contribution in [2.24, 2.45) is 4.99 Å². The van der Waals surface area contributed by atoms with Crippen molar-refractivity contribution in [2.75, 3.05) is 25.2 Å². The van der Waals surface area contributed by atoms with Crippen LogP contribution in [0.4, 0.5) is 5.69 Å². The van der Waals surface area contributed by atoms with Crippen LogP contribution in [0.3, 0.4) is 0 Å². The van der Waals surface area contributed by atoms with Gasteiger partial charge in [0.2, 0.25) is 0 Å². The van der Waals surface area contributed by atoms with Crippen LogP contribution in [0.15, 0.2) is 47.6 Å². The molecule has 0 bridgehead atoms. The first kappa shape index (κ1) is 23.1. The van der Waals surface area contributed by atoms with E-state index in [-0.39, 0.29) is 5.91 Å². The van der Waals surface area contributed by atoms with Gasteiger partial charge >= 0.3 is 6.02 Å². The second-order valence-corrected chi connectivity index (χ2v) is 7.20. The lowest BCUT2D eigenvalue weighted by Crippen LogP contribution is -2.48. The summed E-state index contributed by atoms with van der Waals surface area (Å²) in [5, 5.41) is 5.02. The van der Waals surface area contributed by atoms with E-state index < -0.39 is 0 Å². The maximum Gasteiger partial charge on any atom is 0.303 e. The number of benzene rings is 1. The smallest absolute Gasteiger partial charge is 0.303 e. The van der Waals surface area contributed by atoms with E-state index in [9.17, 15) is 4.79 Å². The van der Waals surface area contributed by atoms with Gasteiger partial charge in [-0.15, -0.1) is 0 Å². The van der Waals surface area contributed by atoms with Gasteiger partial charge in [-0.05, 0) is 42.7 Å². The number of imidazole rings is 1. The van der Waals surface area contributed by atoms with Gasteiger partial charge in [0.15, 0.2) is 0 Å². The highest BCUT2D eigenvalue weighted by Crippen LogP contribution is 2.17. The van der Waals surface area contributed by atoms with Crippen LogP contribution in [-0.2, 0) is 17.7 Å². The summed E-state index contributed by atoms with van der Waals surface area (Å²) in [4.78, 5) is 21.8. The van der Waals surface area contributed by atoms with Crippen LogP contribution in [-0.4, -0.2) is 41.5 Å². The van der Waals surface area contributed by atoms with Gasteiger partial charge in [0.25, 0.3) is 5.91 Å². The number of rotatable bonds is 5. The predicted molar refractivity (Wildman–Crippen MR) is 128 cm³/mol. The fourth-order valence-electron chi connectivity index (χ4n) is 3.51. The second kappa shape index (κ2) is 10.7. The number of aliphatic imine (C=N–C) groups is 1. The summed E-state index contributed by atoms with van der Waals surface area (Å²) in [5.74, 6) is -0.118. The van der Waals surface area contributed by atoms with Crippen molar-refractivity contribution in [3.8, 4) is 0 Å². The van der Waals surface area contributed by atoms with E-state index in [0.29, 0.717) is 31.2 Å². The number of methoxy groups -OCH3 is 1. The predicted octanol–water partition coefficient (Wildman–Crippen LogP) is 3.49. The van der Waals surface area contributed by atoms with Crippen LogP contribution in [0.2, 0.25) is 0 Å². The van der Waals surface area contributed by atoms with Gasteiger partial charge in [0, 0.05) is 12.7 Å². The number of amides is 1. The van der Waals surface area contributed by atoms with Gasteiger partial charge in [-0.3, -0.25) is 19.6 Å². The molecule has 3 heterocycles. The highest BCUT2D eigenvalue weighted by atomic mass is 16.5. The van der Waals surface area contributed by atoms with Gasteiger partial charge < -0.3 is 10.1 Å². The molecule has 8 heteroatoms. The van der Waals surface area contributed by atoms with Gasteiger partial charge in [-0.25, -0.2) is 9.98 Å². The van der Waals surface area contributed by atoms with E-state index in [2.05, 4.69) is 20.7 Å². The topological polar surface area (TPSA) is 83.3 Å². The number of aryl methyl sites for hydroxylation is 2. The number of nitrogens with zero attached hydrogens (tertiary/aromatic N) is 4. The Morgan fingerprint density at radius 3 is 2.62 bits per heavy atom. The van der Waals surface area contributed by atoms with Gasteiger partial charge in [-0.2, -0.15) is 0 Å². The molecule has 1 aromatic carbocycles. The van der Waals surface area contributed by atoms with Crippen molar-refractivity contribution in [3.63, 3.8) is 0 Å². The molecule has 4 rings (SSSR count). The first-order chi connectivity index (χ1) is 15.6. The molecule has 0 unspecified atom stereocenters. The summed E-state index contributed by atoms with van der Waals surface area (Å²) >= 11 is 0. The molecule has 0 radical (unpaired) electrons. The SMILES string of the molecule is CC.CCc1nc2ccc(C)cn2c1C(=O)NCc1ccc(N2CCN=C(OC)N2)cc1. The molecule has 170 valence electrons. The molecule has 0 atom stereocenters. The minimum Gasteiger partial charge on any atom is -0.467 e. The van der Waals surface area contributed by atoms with Crippen LogP contribution in [0.1, 0.15) is 48.1 Å². The average molecular weight is 437 g/mol. The summed E-state index contributed by atoms with van der Waals surface area (Å²) in [6.07, 6.45) is 2.65. The number of hydrogen-bond acceptors (Lipinski definition) is 6. The zero-order valence-electron chi connectivity index (χ0n) is 19.5. The van der Waals surface area contributed by atoms with E-state index in [0.717, 1.165) is 34.7 Å². The summed E-state index contributed by atoms with van der Waals surface area (Å²) in [6.45, 7) is 9.90. The Kier molecular flexibility index (Phi) is 7.70. The van der Waals surface area contributed by atoms with Crippen molar-refractivity contribution in [1.82, 2.24) is 20.1 Å². The van der Waals surface area contributed by atoms with Crippen LogP contribution in [0, 0.1) is 6.92 Å². The number of carbonyl (C=O) groups excluding carboxylic acids is 1. The summed E-state index contributed by atoms with van der Waals surface area (Å²) in [7, 11) is 1.59. The molecule has 3 aromatic rings. The number of anilines is 1. The third kappa shape index (κ3) is 5.01. The number of pyridine rings is 1. The van der Waals surface area contributed by atoms with Crippen LogP contribution in [0.25, 0.3) is 5.65 Å². The first-order valence-electron chi connectivity index (χ1n) is 11.1. The maximum absolute atomic E-state index is 13.0. The van der Waals surface area contributed by atoms with Gasteiger partial charge in [0.05, 0.1) is 31.6 Å². The Balaban J connectivity index is 0.00000141. The Morgan fingerprint density at radius 1 is 1.19 bits per heavy atom. The number of amidine groups is 1. The number of carbonyl (C=O) groups is 1. The van der Waals surface area contributed by atoms with Gasteiger partial charge in [0.1, 0.15) is 11.3 Å². The van der Waals surface area contributed by atoms with Crippen molar-refractivity contribution in [1.29, 1.82) is 0 Å². The third-order valence-electron chi connectivity index (χ3n) is 5.09. The Morgan fingerprint density at radius 2 is 1.94 bits per heavy atom. The fraction of sp³-hybridized carbons (Fsp3) is 0.375. The standard InChI is InChI=1S/C22H26N6O2.C2H6/c1-4-18-20(27-14-15(2)5-10-19(27)25-18)21(29)24-13-16-6-8-17(9-7-16)28-12-11-23-22(26-28)30-3;1-2/h5-10,14H,4,11-13H2,1-3H3,(H,23,26)(H,24,29);1-2H3. The normalized spacial score (nSPS) is 13.0. The zero-order valence-corrected chi connectivity index (χ0v) is 19.5. The quantitative estimate of drug-likeness (QED) is 0.640. The minimum atomic E-state index is -0.118. The third-order valence-corrected chi connectivity index (χ3v) is 5.09. The van der Waals surface area contributed by atoms with Crippen molar-refractivity contribution in [3.05, 3.63) is 65.1 Å². The highest BCUT2D eigenvalue weighted by molar-refractivity contribution is 5.94. The number of fused-ring (bicyclic) bond motifs is 1. The lowest BCUT2D eigenvalue weighted by molar-refractivity contribution is 0.0944. The van der Waals surface area contributed by atoms with E-state index in [1.54, 1.807) is 7.11 Å². The van der Waals surface area contributed by atoms with Crippen LogP contribution < -0.4 is 15.8 Å². The largest absolute Gasteiger partial charge is 0.467 e. The lowest BCUT2D eigenvalue weighted by atomic mass is 10.2.